The number of hydrogen-bond acceptors (Lipinski definition) is 4. The van der Waals surface area contributed by atoms with Crippen molar-refractivity contribution in [1.82, 2.24) is 4.98 Å². The number of aliphatic hydroxyl groups is 1. The summed E-state index contributed by atoms with van der Waals surface area (Å²) in [5.41, 5.74) is 7.24. The van der Waals surface area contributed by atoms with Gasteiger partial charge >= 0.3 is 0 Å². The minimum Gasteiger partial charge on any atom is -0.493 e. The second kappa shape index (κ2) is 8.12. The lowest BCUT2D eigenvalue weighted by atomic mass is 9.85. The molecule has 1 aliphatic heterocycles. The van der Waals surface area contributed by atoms with Gasteiger partial charge in [0.05, 0.1) is 24.3 Å². The van der Waals surface area contributed by atoms with E-state index in [4.69, 9.17) is 14.5 Å². The summed E-state index contributed by atoms with van der Waals surface area (Å²) >= 11 is 0. The topological polar surface area (TPSA) is 51.6 Å². The third kappa shape index (κ3) is 3.88. The molecule has 1 aromatic heterocycles. The monoisotopic (exact) mass is 441 g/mol. The number of aliphatic hydroxyl groups excluding tert-OH is 1. The molecular formula is C29H31NO3. The maximum absolute atomic E-state index is 10.5. The van der Waals surface area contributed by atoms with Crippen LogP contribution >= 0.6 is 0 Å². The summed E-state index contributed by atoms with van der Waals surface area (Å²) < 4.78 is 12.4. The van der Waals surface area contributed by atoms with E-state index in [9.17, 15) is 5.11 Å². The van der Waals surface area contributed by atoms with Crippen molar-refractivity contribution in [1.29, 1.82) is 0 Å². The van der Waals surface area contributed by atoms with Gasteiger partial charge in [-0.15, -0.1) is 0 Å². The van der Waals surface area contributed by atoms with Crippen molar-refractivity contribution in [2.45, 2.75) is 52.7 Å². The Balaban J connectivity index is 1.90. The fourth-order valence-electron chi connectivity index (χ4n) is 5.09. The van der Waals surface area contributed by atoms with E-state index in [1.807, 2.05) is 27.0 Å². The van der Waals surface area contributed by atoms with Crippen LogP contribution in [-0.4, -0.2) is 28.9 Å². The van der Waals surface area contributed by atoms with Gasteiger partial charge in [-0.1, -0.05) is 29.8 Å². The lowest BCUT2D eigenvalue weighted by molar-refractivity contribution is -0.0821. The number of aromatic nitrogens is 1. The molecule has 0 saturated heterocycles. The second-order valence-electron chi connectivity index (χ2n) is 10.0. The molecule has 33 heavy (non-hydrogen) atoms. The molecule has 2 heterocycles. The largest absolute Gasteiger partial charge is 0.493 e. The number of ether oxygens (including phenoxy) is 2. The highest BCUT2D eigenvalue weighted by molar-refractivity contribution is 6.08. The van der Waals surface area contributed by atoms with Crippen molar-refractivity contribution in [3.63, 3.8) is 0 Å². The Morgan fingerprint density at radius 1 is 1.09 bits per heavy atom. The standard InChI is InChI=1S/C29H31NO3/c1-17-6-7-20-15-18(2)25(24(16-31)33-29(3,4)5)27(22(20)14-17)21-8-9-23-26-19(11-13-32-23)10-12-30-28(21)26/h6-10,12,14-15,24,31H,11,13,16H2,1-5H3/t24-/m1/s1. The van der Waals surface area contributed by atoms with E-state index in [1.54, 1.807) is 0 Å². The summed E-state index contributed by atoms with van der Waals surface area (Å²) in [5.74, 6) is 0.891. The summed E-state index contributed by atoms with van der Waals surface area (Å²) in [6, 6.07) is 15.0. The highest BCUT2D eigenvalue weighted by Crippen LogP contribution is 2.45. The maximum atomic E-state index is 10.5. The van der Waals surface area contributed by atoms with Crippen LogP contribution in [0.2, 0.25) is 0 Å². The lowest BCUT2D eigenvalue weighted by Crippen LogP contribution is -2.25. The van der Waals surface area contributed by atoms with Crippen molar-refractivity contribution in [3.8, 4) is 16.9 Å². The molecule has 0 bridgehead atoms. The molecule has 0 amide bonds. The van der Waals surface area contributed by atoms with Gasteiger partial charge in [0.25, 0.3) is 0 Å². The Kier molecular flexibility index (Phi) is 5.38. The van der Waals surface area contributed by atoms with Crippen LogP contribution in [-0.2, 0) is 11.2 Å². The molecule has 4 nitrogen and oxygen atoms in total. The van der Waals surface area contributed by atoms with Crippen LogP contribution in [0.25, 0.3) is 32.8 Å². The van der Waals surface area contributed by atoms with Gasteiger partial charge in [-0.05, 0) is 85.8 Å². The number of fused-ring (bicyclic) bond motifs is 1. The molecule has 0 spiro atoms. The molecule has 1 N–H and O–H groups in total. The second-order valence-corrected chi connectivity index (χ2v) is 10.0. The van der Waals surface area contributed by atoms with Crippen molar-refractivity contribution < 1.29 is 14.6 Å². The van der Waals surface area contributed by atoms with Gasteiger partial charge < -0.3 is 14.6 Å². The zero-order valence-electron chi connectivity index (χ0n) is 20.0. The van der Waals surface area contributed by atoms with E-state index < -0.39 is 11.7 Å². The van der Waals surface area contributed by atoms with Crippen molar-refractivity contribution in [3.05, 3.63) is 70.9 Å². The average molecular weight is 442 g/mol. The van der Waals surface area contributed by atoms with Crippen LogP contribution in [0.5, 0.6) is 5.75 Å². The Bertz CT molecular complexity index is 1360. The molecule has 3 aromatic carbocycles. The minimum atomic E-state index is -0.452. The summed E-state index contributed by atoms with van der Waals surface area (Å²) in [7, 11) is 0. The van der Waals surface area contributed by atoms with Gasteiger partial charge in [-0.2, -0.15) is 0 Å². The van der Waals surface area contributed by atoms with E-state index in [0.717, 1.165) is 50.7 Å². The molecule has 5 rings (SSSR count). The van der Waals surface area contributed by atoms with Gasteiger partial charge in [0, 0.05) is 23.6 Å². The first-order chi connectivity index (χ1) is 15.8. The molecule has 0 saturated carbocycles. The van der Waals surface area contributed by atoms with Crippen molar-refractivity contribution >= 4 is 21.7 Å². The predicted octanol–water partition coefficient (Wildman–Crippen LogP) is 6.46. The van der Waals surface area contributed by atoms with Crippen LogP contribution in [0.4, 0.5) is 0 Å². The van der Waals surface area contributed by atoms with E-state index in [-0.39, 0.29) is 6.61 Å². The Morgan fingerprint density at radius 2 is 1.91 bits per heavy atom. The van der Waals surface area contributed by atoms with Gasteiger partial charge in [0.1, 0.15) is 11.9 Å². The first kappa shape index (κ1) is 21.9. The Morgan fingerprint density at radius 3 is 2.67 bits per heavy atom. The third-order valence-electron chi connectivity index (χ3n) is 6.37. The van der Waals surface area contributed by atoms with Gasteiger partial charge in [0.15, 0.2) is 0 Å². The van der Waals surface area contributed by atoms with Gasteiger partial charge in [0.2, 0.25) is 0 Å². The number of nitrogens with zero attached hydrogens (tertiary/aromatic N) is 1. The number of aryl methyl sites for hydroxylation is 2. The lowest BCUT2D eigenvalue weighted by Gasteiger charge is -2.30. The average Bonchev–Trinajstić information content (AvgIpc) is 2.77. The SMILES string of the molecule is Cc1ccc2cc(C)c([C@@H](CO)OC(C)(C)C)c(-c3ccc4c5c(ccnc35)CCO4)c2c1. The quantitative estimate of drug-likeness (QED) is 0.395. The molecular weight excluding hydrogens is 410 g/mol. The van der Waals surface area contributed by atoms with E-state index >= 15 is 0 Å². The summed E-state index contributed by atoms with van der Waals surface area (Å²) in [6.45, 7) is 10.9. The highest BCUT2D eigenvalue weighted by Gasteiger charge is 2.28. The van der Waals surface area contributed by atoms with Crippen molar-refractivity contribution in [2.75, 3.05) is 13.2 Å². The summed E-state index contributed by atoms with van der Waals surface area (Å²) in [6.07, 6.45) is 2.32. The molecule has 0 aliphatic carbocycles. The summed E-state index contributed by atoms with van der Waals surface area (Å²) in [5, 5.41) is 13.9. The molecule has 4 aromatic rings. The first-order valence-corrected chi connectivity index (χ1v) is 11.6. The molecule has 0 radical (unpaired) electrons. The van der Waals surface area contributed by atoms with E-state index in [2.05, 4.69) is 56.3 Å². The van der Waals surface area contributed by atoms with Crippen LogP contribution in [0, 0.1) is 13.8 Å². The number of pyridine rings is 1. The van der Waals surface area contributed by atoms with Gasteiger partial charge in [-0.3, -0.25) is 4.98 Å². The normalized spacial score (nSPS) is 14.5. The molecule has 0 unspecified atom stereocenters. The zero-order chi connectivity index (χ0) is 23.3. The molecule has 0 fully saturated rings. The Hall–Kier alpha value is -2.95. The minimum absolute atomic E-state index is 0.0970. The van der Waals surface area contributed by atoms with Crippen LogP contribution < -0.4 is 4.74 Å². The summed E-state index contributed by atoms with van der Waals surface area (Å²) in [4.78, 5) is 4.84. The molecule has 4 heteroatoms. The molecule has 170 valence electrons. The van der Waals surface area contributed by atoms with Crippen LogP contribution in [0.1, 0.15) is 49.1 Å². The number of hydrogen-bond donors (Lipinski definition) is 1. The maximum Gasteiger partial charge on any atom is 0.129 e. The van der Waals surface area contributed by atoms with E-state index in [1.165, 1.54) is 16.5 Å². The fraction of sp³-hybridized carbons (Fsp3) is 0.345. The molecule has 1 aliphatic rings. The highest BCUT2D eigenvalue weighted by atomic mass is 16.5. The number of benzene rings is 3. The number of rotatable bonds is 4. The first-order valence-electron chi connectivity index (χ1n) is 11.6. The Labute approximate surface area is 195 Å². The third-order valence-corrected chi connectivity index (χ3v) is 6.37. The van der Waals surface area contributed by atoms with Gasteiger partial charge in [-0.25, -0.2) is 0 Å². The molecule has 1 atom stereocenters. The van der Waals surface area contributed by atoms with E-state index in [0.29, 0.717) is 6.61 Å². The van der Waals surface area contributed by atoms with Crippen LogP contribution in [0.3, 0.4) is 0 Å². The predicted molar refractivity (Wildman–Crippen MR) is 134 cm³/mol. The zero-order valence-corrected chi connectivity index (χ0v) is 20.0. The fourth-order valence-corrected chi connectivity index (χ4v) is 5.09. The smallest absolute Gasteiger partial charge is 0.129 e. The van der Waals surface area contributed by atoms with Crippen LogP contribution in [0.15, 0.2) is 48.7 Å². The van der Waals surface area contributed by atoms with Crippen molar-refractivity contribution in [2.24, 2.45) is 0 Å².